The molecule has 2 aromatic rings. The zero-order valence-corrected chi connectivity index (χ0v) is 12.3. The van der Waals surface area contributed by atoms with Crippen LogP contribution in [0.3, 0.4) is 0 Å². The van der Waals surface area contributed by atoms with Crippen molar-refractivity contribution in [3.8, 4) is 0 Å². The molecule has 0 fully saturated rings. The van der Waals surface area contributed by atoms with Crippen LogP contribution in [0.25, 0.3) is 0 Å². The third-order valence-electron chi connectivity index (χ3n) is 2.90. The molecule has 0 aliphatic carbocycles. The first-order valence-corrected chi connectivity index (χ1v) is 7.57. The summed E-state index contributed by atoms with van der Waals surface area (Å²) < 4.78 is 0. The fourth-order valence-electron chi connectivity index (χ4n) is 1.95. The van der Waals surface area contributed by atoms with E-state index in [1.807, 2.05) is 30.5 Å². The minimum atomic E-state index is -0.120. The summed E-state index contributed by atoms with van der Waals surface area (Å²) in [6.07, 6.45) is 1.08. The van der Waals surface area contributed by atoms with E-state index in [0.29, 0.717) is 13.0 Å². The van der Waals surface area contributed by atoms with Crippen molar-refractivity contribution in [1.82, 2.24) is 10.3 Å². The van der Waals surface area contributed by atoms with Crippen LogP contribution >= 0.6 is 11.3 Å². The molecule has 1 aromatic heterocycles. The molecule has 2 rings (SSSR count). The molecule has 1 heterocycles. The van der Waals surface area contributed by atoms with E-state index in [0.717, 1.165) is 17.1 Å². The van der Waals surface area contributed by atoms with E-state index < -0.39 is 0 Å². The lowest BCUT2D eigenvalue weighted by molar-refractivity contribution is -0.120. The Morgan fingerprint density at radius 2 is 2.15 bits per heavy atom. The second kappa shape index (κ2) is 7.17. The van der Waals surface area contributed by atoms with E-state index in [-0.39, 0.29) is 11.9 Å². The van der Waals surface area contributed by atoms with Gasteiger partial charge in [-0.1, -0.05) is 30.3 Å². The van der Waals surface area contributed by atoms with Crippen molar-refractivity contribution in [1.29, 1.82) is 0 Å². The van der Waals surface area contributed by atoms with Crippen LogP contribution in [0.15, 0.2) is 35.7 Å². The van der Waals surface area contributed by atoms with Gasteiger partial charge in [-0.05, 0) is 18.9 Å². The Balaban J connectivity index is 1.96. The Kier molecular flexibility index (Phi) is 5.26. The summed E-state index contributed by atoms with van der Waals surface area (Å²) in [6.45, 7) is 2.55. The Morgan fingerprint density at radius 1 is 1.40 bits per heavy atom. The summed E-state index contributed by atoms with van der Waals surface area (Å²) >= 11 is 1.52. The first kappa shape index (κ1) is 14.7. The smallest absolute Gasteiger partial charge is 0.226 e. The number of rotatable bonds is 6. The molecule has 0 aliphatic heterocycles. The molecule has 106 valence electrons. The topological polar surface area (TPSA) is 68.0 Å². The maximum atomic E-state index is 11.5. The number of likely N-dealkylation sites (N-methyl/N-ethyl adjacent to an activating group) is 1. The summed E-state index contributed by atoms with van der Waals surface area (Å²) in [5.74, 6) is 0.000908. The Bertz CT molecular complexity index is 553. The molecule has 20 heavy (non-hydrogen) atoms. The summed E-state index contributed by atoms with van der Waals surface area (Å²) in [5.41, 5.74) is 8.16. The van der Waals surface area contributed by atoms with Crippen molar-refractivity contribution in [3.63, 3.8) is 0 Å². The maximum absolute atomic E-state index is 11.5. The molecular formula is C15H19N3OS. The number of amides is 1. The molecule has 0 spiro atoms. The normalized spacial score (nSPS) is 12.1. The number of carbonyl (C=O) groups excluding carboxylic acids is 1. The number of nitrogens with one attached hydrogen (secondary N) is 1. The van der Waals surface area contributed by atoms with Crippen LogP contribution in [-0.4, -0.2) is 17.4 Å². The molecule has 0 saturated carbocycles. The predicted octanol–water partition coefficient (Wildman–Crippen LogP) is 2.06. The van der Waals surface area contributed by atoms with Crippen molar-refractivity contribution < 1.29 is 4.79 Å². The second-order valence-corrected chi connectivity index (χ2v) is 5.49. The number of hydrogen-bond acceptors (Lipinski definition) is 4. The van der Waals surface area contributed by atoms with Crippen LogP contribution in [0.1, 0.15) is 29.2 Å². The average Bonchev–Trinajstić information content (AvgIpc) is 2.88. The Hall–Kier alpha value is -1.72. The van der Waals surface area contributed by atoms with Gasteiger partial charge in [0.25, 0.3) is 0 Å². The number of aromatic nitrogens is 1. The summed E-state index contributed by atoms with van der Waals surface area (Å²) in [4.78, 5) is 16.0. The third-order valence-corrected chi connectivity index (χ3v) is 3.93. The van der Waals surface area contributed by atoms with Crippen molar-refractivity contribution in [2.45, 2.75) is 25.8 Å². The highest BCUT2D eigenvalue weighted by atomic mass is 32.1. The Labute approximate surface area is 123 Å². The zero-order valence-electron chi connectivity index (χ0n) is 11.5. The van der Waals surface area contributed by atoms with Gasteiger partial charge < -0.3 is 11.1 Å². The first-order valence-electron chi connectivity index (χ1n) is 6.69. The van der Waals surface area contributed by atoms with Gasteiger partial charge in [-0.15, -0.1) is 11.3 Å². The number of hydrogen-bond donors (Lipinski definition) is 2. The SMILES string of the molecule is CCNC(=O)Cc1csc(C(N)Cc2ccccc2)n1. The van der Waals surface area contributed by atoms with Gasteiger partial charge in [-0.2, -0.15) is 0 Å². The lowest BCUT2D eigenvalue weighted by atomic mass is 10.1. The van der Waals surface area contributed by atoms with Crippen LogP contribution in [0.4, 0.5) is 0 Å². The quantitative estimate of drug-likeness (QED) is 0.855. The van der Waals surface area contributed by atoms with Gasteiger partial charge in [-0.3, -0.25) is 4.79 Å². The van der Waals surface area contributed by atoms with Gasteiger partial charge in [0.2, 0.25) is 5.91 Å². The second-order valence-electron chi connectivity index (χ2n) is 4.60. The minimum absolute atomic E-state index is 0.000908. The van der Waals surface area contributed by atoms with E-state index in [2.05, 4.69) is 22.4 Å². The summed E-state index contributed by atoms with van der Waals surface area (Å²) in [5, 5.41) is 5.56. The molecule has 3 N–H and O–H groups in total. The van der Waals surface area contributed by atoms with E-state index in [9.17, 15) is 4.79 Å². The molecule has 0 aliphatic rings. The van der Waals surface area contributed by atoms with Crippen molar-refractivity contribution in [3.05, 3.63) is 52.0 Å². The van der Waals surface area contributed by atoms with Crippen molar-refractivity contribution >= 4 is 17.2 Å². The highest BCUT2D eigenvalue weighted by Gasteiger charge is 2.13. The van der Waals surface area contributed by atoms with Gasteiger partial charge in [0.1, 0.15) is 5.01 Å². The number of thiazole rings is 1. The minimum Gasteiger partial charge on any atom is -0.356 e. The monoisotopic (exact) mass is 289 g/mol. The average molecular weight is 289 g/mol. The van der Waals surface area contributed by atoms with Gasteiger partial charge >= 0.3 is 0 Å². The largest absolute Gasteiger partial charge is 0.356 e. The molecule has 1 amide bonds. The number of nitrogens with zero attached hydrogens (tertiary/aromatic N) is 1. The fraction of sp³-hybridized carbons (Fsp3) is 0.333. The lowest BCUT2D eigenvalue weighted by Crippen LogP contribution is -2.24. The summed E-state index contributed by atoms with van der Waals surface area (Å²) in [6, 6.07) is 9.99. The van der Waals surface area contributed by atoms with Gasteiger partial charge in [0.15, 0.2) is 0 Å². The number of benzene rings is 1. The third kappa shape index (κ3) is 4.15. The lowest BCUT2D eigenvalue weighted by Gasteiger charge is -2.08. The van der Waals surface area contributed by atoms with Gasteiger partial charge in [-0.25, -0.2) is 4.98 Å². The van der Waals surface area contributed by atoms with E-state index >= 15 is 0 Å². The van der Waals surface area contributed by atoms with Gasteiger partial charge in [0, 0.05) is 11.9 Å². The standard InChI is InChI=1S/C15H19N3OS/c1-2-17-14(19)9-12-10-20-15(18-12)13(16)8-11-6-4-3-5-7-11/h3-7,10,13H,2,8-9,16H2,1H3,(H,17,19). The predicted molar refractivity (Wildman–Crippen MR) is 81.6 cm³/mol. The highest BCUT2D eigenvalue weighted by Crippen LogP contribution is 2.20. The van der Waals surface area contributed by atoms with E-state index in [1.165, 1.54) is 16.9 Å². The maximum Gasteiger partial charge on any atom is 0.226 e. The van der Waals surface area contributed by atoms with Crippen molar-refractivity contribution in [2.75, 3.05) is 6.54 Å². The van der Waals surface area contributed by atoms with Crippen LogP contribution in [0.5, 0.6) is 0 Å². The molecule has 1 unspecified atom stereocenters. The fourth-order valence-corrected chi connectivity index (χ4v) is 2.77. The van der Waals surface area contributed by atoms with Crippen LogP contribution in [0.2, 0.25) is 0 Å². The van der Waals surface area contributed by atoms with E-state index in [1.54, 1.807) is 0 Å². The molecule has 4 nitrogen and oxygen atoms in total. The van der Waals surface area contributed by atoms with Crippen molar-refractivity contribution in [2.24, 2.45) is 5.73 Å². The molecule has 0 radical (unpaired) electrons. The highest BCUT2D eigenvalue weighted by molar-refractivity contribution is 7.09. The molecule has 1 aromatic carbocycles. The molecule has 0 bridgehead atoms. The van der Waals surface area contributed by atoms with Gasteiger partial charge in [0.05, 0.1) is 18.2 Å². The van der Waals surface area contributed by atoms with Crippen LogP contribution in [-0.2, 0) is 17.6 Å². The van der Waals surface area contributed by atoms with Crippen LogP contribution < -0.4 is 11.1 Å². The molecule has 1 atom stereocenters. The zero-order chi connectivity index (χ0) is 14.4. The van der Waals surface area contributed by atoms with Crippen LogP contribution in [0, 0.1) is 0 Å². The number of carbonyl (C=O) groups is 1. The summed E-state index contributed by atoms with van der Waals surface area (Å²) in [7, 11) is 0. The first-order chi connectivity index (χ1) is 9.69. The molecule has 0 saturated heterocycles. The van der Waals surface area contributed by atoms with E-state index in [4.69, 9.17) is 5.73 Å². The molecular weight excluding hydrogens is 270 g/mol. The number of nitrogens with two attached hydrogens (primary N) is 1. The molecule has 5 heteroatoms. The Morgan fingerprint density at radius 3 is 2.85 bits per heavy atom.